The lowest BCUT2D eigenvalue weighted by molar-refractivity contribution is -0.137. The molecule has 0 saturated carbocycles. The Hall–Kier alpha value is -4.14. The van der Waals surface area contributed by atoms with Gasteiger partial charge in [0.2, 0.25) is 0 Å². The number of amides is 2. The van der Waals surface area contributed by atoms with E-state index in [4.69, 9.17) is 0 Å². The third kappa shape index (κ3) is 4.37. The summed E-state index contributed by atoms with van der Waals surface area (Å²) in [6.45, 7) is 0.0471. The number of hydrogen-bond donors (Lipinski definition) is 1. The minimum Gasteiger partial charge on any atom is -0.318 e. The summed E-state index contributed by atoms with van der Waals surface area (Å²) in [5.74, 6) is -1.61. The maximum atomic E-state index is 14.2. The van der Waals surface area contributed by atoms with Crippen LogP contribution in [0.25, 0.3) is 5.69 Å². The van der Waals surface area contributed by atoms with Gasteiger partial charge in [-0.05, 0) is 59.7 Å². The van der Waals surface area contributed by atoms with Gasteiger partial charge in [-0.3, -0.25) is 0 Å². The molecule has 4 aromatic rings. The van der Waals surface area contributed by atoms with Gasteiger partial charge < -0.3 is 14.8 Å². The quantitative estimate of drug-likeness (QED) is 0.309. The highest BCUT2D eigenvalue weighted by Gasteiger charge is 2.34. The van der Waals surface area contributed by atoms with Crippen LogP contribution in [0.2, 0.25) is 0 Å². The molecular formula is C26H18F5N3O. The van der Waals surface area contributed by atoms with Gasteiger partial charge in [0.15, 0.2) is 0 Å². The van der Waals surface area contributed by atoms with E-state index in [0.717, 1.165) is 41.6 Å². The second-order valence-electron chi connectivity index (χ2n) is 8.17. The highest BCUT2D eigenvalue weighted by molar-refractivity contribution is 5.90. The third-order valence-corrected chi connectivity index (χ3v) is 5.87. The van der Waals surface area contributed by atoms with Crippen LogP contribution in [-0.4, -0.2) is 15.5 Å². The Morgan fingerprint density at radius 3 is 2.37 bits per heavy atom. The van der Waals surface area contributed by atoms with E-state index in [-0.39, 0.29) is 17.8 Å². The third-order valence-electron chi connectivity index (χ3n) is 5.87. The molecule has 1 aliphatic rings. The summed E-state index contributed by atoms with van der Waals surface area (Å²) in [7, 11) is 0. The first-order valence-electron chi connectivity index (χ1n) is 10.7. The smallest absolute Gasteiger partial charge is 0.318 e. The van der Waals surface area contributed by atoms with Crippen LogP contribution in [0.15, 0.2) is 85.1 Å². The number of rotatable bonds is 2. The Labute approximate surface area is 197 Å². The zero-order chi connectivity index (χ0) is 24.7. The molecule has 35 heavy (non-hydrogen) atoms. The fraction of sp³-hybridized carbons (Fsp3) is 0.115. The van der Waals surface area contributed by atoms with Crippen LogP contribution < -0.4 is 5.32 Å². The van der Waals surface area contributed by atoms with Crippen LogP contribution >= 0.6 is 0 Å². The summed E-state index contributed by atoms with van der Waals surface area (Å²) in [5, 5.41) is 2.52. The van der Waals surface area contributed by atoms with Crippen LogP contribution in [0.1, 0.15) is 28.4 Å². The lowest BCUT2D eigenvalue weighted by atomic mass is 10.0. The van der Waals surface area contributed by atoms with Gasteiger partial charge in [-0.15, -0.1) is 0 Å². The first-order valence-corrected chi connectivity index (χ1v) is 10.7. The van der Waals surface area contributed by atoms with E-state index >= 15 is 0 Å². The van der Waals surface area contributed by atoms with Crippen molar-refractivity contribution in [3.63, 3.8) is 0 Å². The van der Waals surface area contributed by atoms with Gasteiger partial charge in [0.1, 0.15) is 11.6 Å². The Bertz CT molecular complexity index is 1390. The molecule has 1 aromatic heterocycles. The van der Waals surface area contributed by atoms with E-state index in [9.17, 15) is 26.7 Å². The molecule has 9 heteroatoms. The normalized spacial score (nSPS) is 15.2. The summed E-state index contributed by atoms with van der Waals surface area (Å²) in [4.78, 5) is 14.9. The number of alkyl halides is 3. The minimum absolute atomic E-state index is 0.0471. The Morgan fingerprint density at radius 1 is 0.886 bits per heavy atom. The van der Waals surface area contributed by atoms with Crippen molar-refractivity contribution < 1.29 is 26.7 Å². The zero-order valence-corrected chi connectivity index (χ0v) is 18.1. The zero-order valence-electron chi connectivity index (χ0n) is 18.1. The molecule has 0 aliphatic carbocycles. The molecule has 0 fully saturated rings. The molecule has 1 aliphatic heterocycles. The van der Waals surface area contributed by atoms with Crippen molar-refractivity contribution in [3.8, 4) is 5.69 Å². The van der Waals surface area contributed by atoms with E-state index in [1.54, 1.807) is 24.4 Å². The van der Waals surface area contributed by atoms with Gasteiger partial charge in [0.25, 0.3) is 0 Å². The van der Waals surface area contributed by atoms with E-state index < -0.39 is 35.4 Å². The van der Waals surface area contributed by atoms with Crippen LogP contribution in [0, 0.1) is 11.6 Å². The van der Waals surface area contributed by atoms with Crippen LogP contribution in [0.3, 0.4) is 0 Å². The van der Waals surface area contributed by atoms with E-state index in [2.05, 4.69) is 5.32 Å². The van der Waals surface area contributed by atoms with Crippen molar-refractivity contribution in [1.29, 1.82) is 0 Å². The molecule has 1 N–H and O–H groups in total. The number of carbonyl (C=O) groups excluding carboxylic acids is 1. The van der Waals surface area contributed by atoms with Gasteiger partial charge in [0.05, 0.1) is 23.8 Å². The molecule has 2 amide bonds. The fourth-order valence-electron chi connectivity index (χ4n) is 4.39. The standard InChI is InChI=1S/C26H18F5N3O/c27-19-11-17(12-20(28)14-19)24-23-9-4-10-33(23)22-8-2-1-5-16(22)15-34(24)25(35)32-21-7-3-6-18(13-21)26(29,30)31/h1-14,24H,15H2,(H,32,35)/t24-/m1/s1. The van der Waals surface area contributed by atoms with Crippen molar-refractivity contribution >= 4 is 11.7 Å². The number of anilines is 1. The molecule has 0 saturated heterocycles. The number of urea groups is 1. The molecule has 0 bridgehead atoms. The second kappa shape index (κ2) is 8.57. The van der Waals surface area contributed by atoms with Crippen molar-refractivity contribution in [2.45, 2.75) is 18.8 Å². The maximum absolute atomic E-state index is 14.2. The summed E-state index contributed by atoms with van der Waals surface area (Å²) in [6.07, 6.45) is -2.80. The van der Waals surface area contributed by atoms with Gasteiger partial charge in [-0.25, -0.2) is 13.6 Å². The van der Waals surface area contributed by atoms with Gasteiger partial charge in [-0.2, -0.15) is 13.2 Å². The van der Waals surface area contributed by atoms with Crippen LogP contribution in [0.5, 0.6) is 0 Å². The number of para-hydroxylation sites is 1. The first kappa shape index (κ1) is 22.6. The summed E-state index contributed by atoms with van der Waals surface area (Å²) in [5.41, 5.74) is 1.33. The number of aromatic nitrogens is 1. The van der Waals surface area contributed by atoms with Gasteiger partial charge >= 0.3 is 12.2 Å². The van der Waals surface area contributed by atoms with Crippen LogP contribution in [0.4, 0.5) is 32.4 Å². The molecule has 0 spiro atoms. The predicted octanol–water partition coefficient (Wildman–Crippen LogP) is 6.91. The molecule has 0 radical (unpaired) electrons. The number of benzene rings is 3. The van der Waals surface area contributed by atoms with E-state index in [1.165, 1.54) is 17.0 Å². The maximum Gasteiger partial charge on any atom is 0.416 e. The molecule has 4 nitrogen and oxygen atoms in total. The molecule has 1 atom stereocenters. The van der Waals surface area contributed by atoms with Crippen molar-refractivity contribution in [3.05, 3.63) is 119 Å². The van der Waals surface area contributed by atoms with Crippen molar-refractivity contribution in [2.24, 2.45) is 0 Å². The Balaban J connectivity index is 1.62. The number of nitrogens with zero attached hydrogens (tertiary/aromatic N) is 2. The number of halogens is 5. The fourth-order valence-corrected chi connectivity index (χ4v) is 4.39. The van der Waals surface area contributed by atoms with Gasteiger partial charge in [-0.1, -0.05) is 24.3 Å². The highest BCUT2D eigenvalue weighted by Crippen LogP contribution is 2.38. The summed E-state index contributed by atoms with van der Waals surface area (Å²) in [6, 6.07) is 16.5. The summed E-state index contributed by atoms with van der Waals surface area (Å²) < 4.78 is 69.8. The monoisotopic (exact) mass is 483 g/mol. The molecule has 5 rings (SSSR count). The molecule has 2 heterocycles. The van der Waals surface area contributed by atoms with Crippen molar-refractivity contribution in [1.82, 2.24) is 9.47 Å². The average molecular weight is 483 g/mol. The molecular weight excluding hydrogens is 465 g/mol. The number of carbonyl (C=O) groups is 1. The largest absolute Gasteiger partial charge is 0.416 e. The molecule has 178 valence electrons. The lowest BCUT2D eigenvalue weighted by Crippen LogP contribution is -2.38. The minimum atomic E-state index is -4.58. The molecule has 3 aromatic carbocycles. The van der Waals surface area contributed by atoms with Crippen molar-refractivity contribution in [2.75, 3.05) is 5.32 Å². The number of fused-ring (bicyclic) bond motifs is 3. The van der Waals surface area contributed by atoms with E-state index in [0.29, 0.717) is 5.69 Å². The average Bonchev–Trinajstić information content (AvgIpc) is 3.22. The number of hydrogen-bond acceptors (Lipinski definition) is 1. The van der Waals surface area contributed by atoms with Gasteiger partial charge in [0, 0.05) is 23.6 Å². The first-order chi connectivity index (χ1) is 16.7. The predicted molar refractivity (Wildman–Crippen MR) is 120 cm³/mol. The lowest BCUT2D eigenvalue weighted by Gasteiger charge is -2.31. The second-order valence-corrected chi connectivity index (χ2v) is 8.17. The Morgan fingerprint density at radius 2 is 1.63 bits per heavy atom. The van der Waals surface area contributed by atoms with E-state index in [1.807, 2.05) is 22.8 Å². The SMILES string of the molecule is O=C(Nc1cccc(C(F)(F)F)c1)N1Cc2ccccc2-n2cccc2[C@H]1c1cc(F)cc(F)c1. The van der Waals surface area contributed by atoms with Crippen LogP contribution in [-0.2, 0) is 12.7 Å². The topological polar surface area (TPSA) is 37.3 Å². The number of nitrogens with one attached hydrogen (secondary N) is 1. The highest BCUT2D eigenvalue weighted by atomic mass is 19.4. The molecule has 0 unspecified atom stereocenters. The summed E-state index contributed by atoms with van der Waals surface area (Å²) >= 11 is 0. The Kier molecular flexibility index (Phi) is 5.55.